The van der Waals surface area contributed by atoms with Gasteiger partial charge in [0.15, 0.2) is 6.10 Å². The molecule has 0 aliphatic heterocycles. The van der Waals surface area contributed by atoms with Crippen LogP contribution in [-0.2, 0) is 28.6 Å². The molecule has 0 amide bonds. The van der Waals surface area contributed by atoms with Crippen molar-refractivity contribution in [2.24, 2.45) is 0 Å². The predicted octanol–water partition coefficient (Wildman–Crippen LogP) is 15.9. The van der Waals surface area contributed by atoms with Crippen LogP contribution in [0.4, 0.5) is 0 Å². The molecule has 1 atom stereocenters. The molecule has 0 aromatic carbocycles. The van der Waals surface area contributed by atoms with E-state index in [-0.39, 0.29) is 31.1 Å². The first kappa shape index (κ1) is 55.9. The summed E-state index contributed by atoms with van der Waals surface area (Å²) in [6.45, 7) is 6.42. The molecule has 0 bridgehead atoms. The number of hydrogen-bond acceptors (Lipinski definition) is 6. The number of unbranched alkanes of at least 4 members (excludes halogenated alkanes) is 23. The Balaban J connectivity index is 4.39. The number of hydrogen-bond donors (Lipinski definition) is 0. The Hall–Kier alpha value is -3.15. The first-order valence-electron chi connectivity index (χ1n) is 24.5. The highest BCUT2D eigenvalue weighted by Crippen LogP contribution is 2.14. The zero-order valence-corrected chi connectivity index (χ0v) is 38.5. The maximum absolute atomic E-state index is 12.7. The van der Waals surface area contributed by atoms with E-state index in [2.05, 4.69) is 75.5 Å². The molecule has 0 heterocycles. The van der Waals surface area contributed by atoms with Crippen molar-refractivity contribution in [3.05, 3.63) is 72.9 Å². The first-order chi connectivity index (χ1) is 29.0. The highest BCUT2D eigenvalue weighted by Gasteiger charge is 2.19. The number of allylic oxidation sites excluding steroid dienone is 12. The summed E-state index contributed by atoms with van der Waals surface area (Å²) >= 11 is 0. The van der Waals surface area contributed by atoms with E-state index in [0.29, 0.717) is 19.3 Å². The third kappa shape index (κ3) is 45.8. The summed E-state index contributed by atoms with van der Waals surface area (Å²) in [4.78, 5) is 37.8. The summed E-state index contributed by atoms with van der Waals surface area (Å²) in [6.07, 6.45) is 58.8. The van der Waals surface area contributed by atoms with E-state index in [0.717, 1.165) is 96.3 Å². The fourth-order valence-electron chi connectivity index (χ4n) is 6.60. The van der Waals surface area contributed by atoms with Crippen LogP contribution in [0.25, 0.3) is 0 Å². The van der Waals surface area contributed by atoms with Gasteiger partial charge in [0.1, 0.15) is 13.2 Å². The molecule has 0 N–H and O–H groups in total. The van der Waals surface area contributed by atoms with Gasteiger partial charge in [0.25, 0.3) is 0 Å². The Bertz CT molecular complexity index is 1130. The van der Waals surface area contributed by atoms with Crippen LogP contribution in [0, 0.1) is 0 Å². The molecule has 59 heavy (non-hydrogen) atoms. The molecule has 6 heteroatoms. The van der Waals surface area contributed by atoms with Crippen LogP contribution in [-0.4, -0.2) is 37.2 Å². The van der Waals surface area contributed by atoms with Gasteiger partial charge in [0.2, 0.25) is 0 Å². The Morgan fingerprint density at radius 2 is 0.729 bits per heavy atom. The standard InChI is InChI=1S/C53H90O6/c1-4-7-10-13-16-19-21-23-25-26-28-29-31-34-37-40-43-46-52(55)58-49-50(48-57-51(54)45-42-39-36-33-18-15-12-9-6-3)59-53(56)47-44-41-38-35-32-30-27-24-22-20-17-14-11-8-5-2/h8,11,14,16-17,19-20,22-25,27,50H,4-7,9-10,12-13,15,18,21,26,28-49H2,1-3H3/b11-8-,17-14-,19-16-,22-20-,25-23-,27-24-. The van der Waals surface area contributed by atoms with Gasteiger partial charge in [-0.2, -0.15) is 0 Å². The smallest absolute Gasteiger partial charge is 0.306 e. The van der Waals surface area contributed by atoms with E-state index in [9.17, 15) is 14.4 Å². The summed E-state index contributed by atoms with van der Waals surface area (Å²) in [5.74, 6) is -0.922. The van der Waals surface area contributed by atoms with Crippen LogP contribution in [0.1, 0.15) is 226 Å². The summed E-state index contributed by atoms with van der Waals surface area (Å²) in [6, 6.07) is 0. The van der Waals surface area contributed by atoms with Gasteiger partial charge in [-0.1, -0.05) is 209 Å². The van der Waals surface area contributed by atoms with Crippen molar-refractivity contribution in [2.75, 3.05) is 13.2 Å². The lowest BCUT2D eigenvalue weighted by Crippen LogP contribution is -2.30. The van der Waals surface area contributed by atoms with Crippen molar-refractivity contribution in [1.82, 2.24) is 0 Å². The third-order valence-electron chi connectivity index (χ3n) is 10.3. The molecule has 338 valence electrons. The van der Waals surface area contributed by atoms with E-state index >= 15 is 0 Å². The topological polar surface area (TPSA) is 78.9 Å². The van der Waals surface area contributed by atoms with E-state index in [4.69, 9.17) is 14.2 Å². The van der Waals surface area contributed by atoms with Gasteiger partial charge in [0.05, 0.1) is 0 Å². The predicted molar refractivity (Wildman–Crippen MR) is 251 cm³/mol. The third-order valence-corrected chi connectivity index (χ3v) is 10.3. The molecule has 0 aromatic rings. The van der Waals surface area contributed by atoms with Gasteiger partial charge in [-0.15, -0.1) is 0 Å². The minimum absolute atomic E-state index is 0.0872. The second-order valence-corrected chi connectivity index (χ2v) is 16.1. The number of carbonyl (C=O) groups is 3. The number of ether oxygens (including phenoxy) is 3. The molecule has 0 saturated carbocycles. The monoisotopic (exact) mass is 823 g/mol. The van der Waals surface area contributed by atoms with Crippen molar-refractivity contribution in [3.8, 4) is 0 Å². The molecule has 0 aromatic heterocycles. The Kier molecular flexibility index (Phi) is 45.0. The average Bonchev–Trinajstić information content (AvgIpc) is 3.23. The molecule has 0 saturated heterocycles. The van der Waals surface area contributed by atoms with E-state index in [1.165, 1.54) is 89.9 Å². The summed E-state index contributed by atoms with van der Waals surface area (Å²) in [5, 5.41) is 0. The van der Waals surface area contributed by atoms with Gasteiger partial charge >= 0.3 is 17.9 Å². The van der Waals surface area contributed by atoms with Crippen molar-refractivity contribution in [3.63, 3.8) is 0 Å². The zero-order chi connectivity index (χ0) is 43.0. The SMILES string of the molecule is CC\C=C/C=C\C=C/C=C\CCCCCCCC(=O)OC(COC(=O)CCCCCCCCC/C=C\C/C=C\CCCCC)COC(=O)CCCCCCCCCCC. The molecule has 0 rings (SSSR count). The van der Waals surface area contributed by atoms with E-state index < -0.39 is 6.10 Å². The lowest BCUT2D eigenvalue weighted by atomic mass is 10.1. The highest BCUT2D eigenvalue weighted by atomic mass is 16.6. The number of esters is 3. The molecule has 0 fully saturated rings. The van der Waals surface area contributed by atoms with Gasteiger partial charge in [-0.25, -0.2) is 0 Å². The second kappa shape index (κ2) is 47.5. The Morgan fingerprint density at radius 3 is 1.20 bits per heavy atom. The van der Waals surface area contributed by atoms with Gasteiger partial charge in [-0.05, 0) is 70.6 Å². The van der Waals surface area contributed by atoms with Crippen molar-refractivity contribution in [1.29, 1.82) is 0 Å². The van der Waals surface area contributed by atoms with Crippen LogP contribution >= 0.6 is 0 Å². The zero-order valence-electron chi connectivity index (χ0n) is 38.5. The first-order valence-corrected chi connectivity index (χ1v) is 24.5. The fraction of sp³-hybridized carbons (Fsp3) is 0.717. The Labute approximate surface area is 363 Å². The van der Waals surface area contributed by atoms with Crippen molar-refractivity contribution < 1.29 is 28.6 Å². The lowest BCUT2D eigenvalue weighted by molar-refractivity contribution is -0.167. The quantitative estimate of drug-likeness (QED) is 0.0200. The maximum atomic E-state index is 12.7. The minimum Gasteiger partial charge on any atom is -0.462 e. The van der Waals surface area contributed by atoms with Crippen molar-refractivity contribution >= 4 is 17.9 Å². The van der Waals surface area contributed by atoms with Gasteiger partial charge in [0, 0.05) is 19.3 Å². The normalized spacial score (nSPS) is 12.7. The van der Waals surface area contributed by atoms with E-state index in [1.54, 1.807) is 0 Å². The van der Waals surface area contributed by atoms with Crippen molar-refractivity contribution in [2.45, 2.75) is 232 Å². The van der Waals surface area contributed by atoms with E-state index in [1.807, 2.05) is 18.2 Å². The largest absolute Gasteiger partial charge is 0.462 e. The van der Waals surface area contributed by atoms with Gasteiger partial charge in [-0.3, -0.25) is 14.4 Å². The fourth-order valence-corrected chi connectivity index (χ4v) is 6.60. The summed E-state index contributed by atoms with van der Waals surface area (Å²) in [5.41, 5.74) is 0. The van der Waals surface area contributed by atoms with Gasteiger partial charge < -0.3 is 14.2 Å². The lowest BCUT2D eigenvalue weighted by Gasteiger charge is -2.18. The molecular weight excluding hydrogens is 733 g/mol. The van der Waals surface area contributed by atoms with Crippen LogP contribution in [0.5, 0.6) is 0 Å². The molecule has 0 radical (unpaired) electrons. The molecular formula is C53H90O6. The van der Waals surface area contributed by atoms with Crippen LogP contribution in [0.15, 0.2) is 72.9 Å². The average molecular weight is 823 g/mol. The number of carbonyl (C=O) groups excluding carboxylic acids is 3. The molecule has 0 aliphatic rings. The molecule has 6 nitrogen and oxygen atoms in total. The van der Waals surface area contributed by atoms with Crippen LogP contribution < -0.4 is 0 Å². The maximum Gasteiger partial charge on any atom is 0.306 e. The Morgan fingerprint density at radius 1 is 0.373 bits per heavy atom. The minimum atomic E-state index is -0.787. The summed E-state index contributed by atoms with van der Waals surface area (Å²) in [7, 11) is 0. The number of rotatable bonds is 43. The molecule has 0 spiro atoms. The summed E-state index contributed by atoms with van der Waals surface area (Å²) < 4.78 is 16.7. The molecule has 0 aliphatic carbocycles. The van der Waals surface area contributed by atoms with Crippen LogP contribution in [0.2, 0.25) is 0 Å². The second-order valence-electron chi connectivity index (χ2n) is 16.1. The molecule has 1 unspecified atom stereocenters. The van der Waals surface area contributed by atoms with Crippen LogP contribution in [0.3, 0.4) is 0 Å². The highest BCUT2D eigenvalue weighted by molar-refractivity contribution is 5.71.